The number of pyridine rings is 1. The maximum Gasteiger partial charge on any atom is 0.303 e. The second kappa shape index (κ2) is 7.51. The molecular formula is C19H21F2NO2. The third kappa shape index (κ3) is 3.61. The van der Waals surface area contributed by atoms with Crippen molar-refractivity contribution in [1.29, 1.82) is 0 Å². The Morgan fingerprint density at radius 1 is 1.42 bits per heavy atom. The second-order valence-corrected chi connectivity index (χ2v) is 5.97. The summed E-state index contributed by atoms with van der Waals surface area (Å²) in [6.45, 7) is 9.93. The van der Waals surface area contributed by atoms with Gasteiger partial charge in [0.05, 0.1) is 5.69 Å². The minimum absolute atomic E-state index is 0.0673. The number of aromatic nitrogens is 1. The summed E-state index contributed by atoms with van der Waals surface area (Å²) < 4.78 is 33.1. The molecule has 0 saturated carbocycles. The predicted molar refractivity (Wildman–Crippen MR) is 88.5 cm³/mol. The van der Waals surface area contributed by atoms with Gasteiger partial charge in [-0.25, -0.2) is 8.78 Å². The van der Waals surface area contributed by atoms with Gasteiger partial charge in [0.1, 0.15) is 6.10 Å². The Labute approximate surface area is 140 Å². The molecule has 0 N–H and O–H groups in total. The number of allylic oxidation sites excluding steroid dienone is 3. The molecule has 128 valence electrons. The monoisotopic (exact) mass is 333 g/mol. The summed E-state index contributed by atoms with van der Waals surface area (Å²) in [6, 6.07) is 3.56. The number of fused-ring (bicyclic) bond motifs is 1. The standard InChI is InChI=1S/C19H21F2NO2/c1-5-14(17(21)12(3)20)15-9-8-11(2)18-16(7-6-10-22-18)19(15)24-13(4)23/h5-7,10-11,15,19H,1,3,8-9H2,2,4H3/b17-14-/t11-,15+,19+/m1/s1. The molecule has 1 aliphatic rings. The number of esters is 1. The molecule has 0 saturated heterocycles. The molecule has 0 amide bonds. The third-order valence-corrected chi connectivity index (χ3v) is 4.32. The molecule has 1 aromatic rings. The van der Waals surface area contributed by atoms with Crippen molar-refractivity contribution in [2.75, 3.05) is 0 Å². The van der Waals surface area contributed by atoms with Gasteiger partial charge in [-0.3, -0.25) is 9.78 Å². The molecule has 0 radical (unpaired) electrons. The molecule has 3 nitrogen and oxygen atoms in total. The maximum atomic E-state index is 14.3. The van der Waals surface area contributed by atoms with Gasteiger partial charge in [-0.2, -0.15) is 0 Å². The van der Waals surface area contributed by atoms with Crippen molar-refractivity contribution in [1.82, 2.24) is 4.98 Å². The first kappa shape index (κ1) is 18.0. The highest BCUT2D eigenvalue weighted by Gasteiger charge is 2.36. The Morgan fingerprint density at radius 2 is 2.12 bits per heavy atom. The lowest BCUT2D eigenvalue weighted by molar-refractivity contribution is -0.149. The van der Waals surface area contributed by atoms with E-state index in [0.29, 0.717) is 12.8 Å². The van der Waals surface area contributed by atoms with Gasteiger partial charge >= 0.3 is 5.97 Å². The van der Waals surface area contributed by atoms with Crippen LogP contribution in [0.2, 0.25) is 0 Å². The number of hydrogen-bond acceptors (Lipinski definition) is 3. The summed E-state index contributed by atoms with van der Waals surface area (Å²) in [7, 11) is 0. The van der Waals surface area contributed by atoms with Gasteiger partial charge < -0.3 is 4.74 Å². The van der Waals surface area contributed by atoms with Crippen molar-refractivity contribution in [3.63, 3.8) is 0 Å². The van der Waals surface area contributed by atoms with E-state index < -0.39 is 29.6 Å². The van der Waals surface area contributed by atoms with Crippen molar-refractivity contribution < 1.29 is 18.3 Å². The Morgan fingerprint density at radius 3 is 2.71 bits per heavy atom. The molecule has 3 atom stereocenters. The highest BCUT2D eigenvalue weighted by atomic mass is 19.2. The highest BCUT2D eigenvalue weighted by Crippen LogP contribution is 2.44. The highest BCUT2D eigenvalue weighted by molar-refractivity contribution is 5.66. The average molecular weight is 333 g/mol. The van der Waals surface area contributed by atoms with E-state index in [1.807, 2.05) is 13.0 Å². The van der Waals surface area contributed by atoms with E-state index in [2.05, 4.69) is 18.1 Å². The lowest BCUT2D eigenvalue weighted by Gasteiger charge is -2.27. The first-order valence-corrected chi connectivity index (χ1v) is 7.85. The van der Waals surface area contributed by atoms with E-state index in [-0.39, 0.29) is 11.5 Å². The van der Waals surface area contributed by atoms with Crippen LogP contribution in [0.3, 0.4) is 0 Å². The summed E-state index contributed by atoms with van der Waals surface area (Å²) in [5.74, 6) is -3.13. The smallest absolute Gasteiger partial charge is 0.303 e. The SMILES string of the molecule is C=C/C(=C(/F)C(=C)F)[C@@H]1CC[C@@H](C)c2ncccc2[C@H]1OC(C)=O. The van der Waals surface area contributed by atoms with E-state index >= 15 is 0 Å². The number of nitrogens with zero attached hydrogens (tertiary/aromatic N) is 1. The second-order valence-electron chi connectivity index (χ2n) is 5.97. The normalized spacial score (nSPS) is 24.2. The van der Waals surface area contributed by atoms with E-state index in [1.54, 1.807) is 12.3 Å². The average Bonchev–Trinajstić information content (AvgIpc) is 2.67. The van der Waals surface area contributed by atoms with Crippen molar-refractivity contribution in [2.45, 2.75) is 38.7 Å². The van der Waals surface area contributed by atoms with Crippen LogP contribution in [0.15, 0.2) is 54.8 Å². The molecule has 1 aliphatic carbocycles. The number of ether oxygens (including phenoxy) is 1. The van der Waals surface area contributed by atoms with Crippen LogP contribution >= 0.6 is 0 Å². The lowest BCUT2D eigenvalue weighted by Crippen LogP contribution is -2.20. The van der Waals surface area contributed by atoms with Gasteiger partial charge in [-0.1, -0.05) is 32.2 Å². The lowest BCUT2D eigenvalue weighted by atomic mass is 9.86. The van der Waals surface area contributed by atoms with Crippen LogP contribution in [0.5, 0.6) is 0 Å². The number of halogens is 2. The molecule has 0 fully saturated rings. The van der Waals surface area contributed by atoms with Gasteiger partial charge in [0.15, 0.2) is 11.7 Å². The summed E-state index contributed by atoms with van der Waals surface area (Å²) >= 11 is 0. The Balaban J connectivity index is 2.62. The third-order valence-electron chi connectivity index (χ3n) is 4.32. The van der Waals surface area contributed by atoms with Crippen LogP contribution in [-0.4, -0.2) is 11.0 Å². The fraction of sp³-hybridized carbons (Fsp3) is 0.368. The summed E-state index contributed by atoms with van der Waals surface area (Å²) in [6.07, 6.45) is 3.42. The minimum atomic E-state index is -1.16. The quantitative estimate of drug-likeness (QED) is 0.437. The molecule has 5 heteroatoms. The molecule has 1 aromatic heterocycles. The van der Waals surface area contributed by atoms with Gasteiger partial charge in [0.2, 0.25) is 0 Å². The molecule has 0 aliphatic heterocycles. The van der Waals surface area contributed by atoms with E-state index in [0.717, 1.165) is 11.3 Å². The van der Waals surface area contributed by atoms with Crippen LogP contribution in [-0.2, 0) is 9.53 Å². The fourth-order valence-electron chi connectivity index (χ4n) is 3.22. The zero-order valence-electron chi connectivity index (χ0n) is 13.9. The molecule has 1 heterocycles. The molecule has 0 spiro atoms. The Bertz CT molecular complexity index is 696. The maximum absolute atomic E-state index is 14.3. The molecule has 0 aromatic carbocycles. The zero-order chi connectivity index (χ0) is 17.9. The molecular weight excluding hydrogens is 312 g/mol. The number of hydrogen-bond donors (Lipinski definition) is 0. The number of rotatable bonds is 4. The van der Waals surface area contributed by atoms with Crippen molar-refractivity contribution in [3.8, 4) is 0 Å². The van der Waals surface area contributed by atoms with Gasteiger partial charge in [0.25, 0.3) is 0 Å². The van der Waals surface area contributed by atoms with Gasteiger partial charge in [-0.05, 0) is 30.4 Å². The van der Waals surface area contributed by atoms with E-state index in [9.17, 15) is 13.6 Å². The topological polar surface area (TPSA) is 39.2 Å². The largest absolute Gasteiger partial charge is 0.457 e. The van der Waals surface area contributed by atoms with Crippen LogP contribution in [0.25, 0.3) is 0 Å². The number of carbonyl (C=O) groups is 1. The van der Waals surface area contributed by atoms with Crippen LogP contribution in [0, 0.1) is 5.92 Å². The fourth-order valence-corrected chi connectivity index (χ4v) is 3.22. The van der Waals surface area contributed by atoms with Crippen LogP contribution < -0.4 is 0 Å². The van der Waals surface area contributed by atoms with E-state index in [4.69, 9.17) is 4.74 Å². The predicted octanol–water partition coefficient (Wildman–Crippen LogP) is 5.09. The number of carbonyl (C=O) groups excluding carboxylic acids is 1. The Kier molecular flexibility index (Phi) is 5.65. The van der Waals surface area contributed by atoms with E-state index in [1.165, 1.54) is 13.0 Å². The van der Waals surface area contributed by atoms with Crippen LogP contribution in [0.4, 0.5) is 8.78 Å². The van der Waals surface area contributed by atoms with Crippen molar-refractivity contribution >= 4 is 5.97 Å². The Hall–Kier alpha value is -2.30. The summed E-state index contributed by atoms with van der Waals surface area (Å²) in [5, 5.41) is 0. The molecule has 24 heavy (non-hydrogen) atoms. The van der Waals surface area contributed by atoms with Crippen molar-refractivity contribution in [3.05, 3.63) is 66.0 Å². The molecule has 2 rings (SSSR count). The first-order chi connectivity index (χ1) is 11.4. The minimum Gasteiger partial charge on any atom is -0.457 e. The van der Waals surface area contributed by atoms with Gasteiger partial charge in [0, 0.05) is 24.6 Å². The molecule has 0 unspecified atom stereocenters. The summed E-state index contributed by atoms with van der Waals surface area (Å²) in [5.41, 5.74) is 1.60. The molecule has 0 bridgehead atoms. The van der Waals surface area contributed by atoms with Gasteiger partial charge in [-0.15, -0.1) is 0 Å². The van der Waals surface area contributed by atoms with Crippen LogP contribution in [0.1, 0.15) is 50.0 Å². The zero-order valence-corrected chi connectivity index (χ0v) is 13.9. The first-order valence-electron chi connectivity index (χ1n) is 7.85. The van der Waals surface area contributed by atoms with Crippen molar-refractivity contribution in [2.24, 2.45) is 5.92 Å². The summed E-state index contributed by atoms with van der Waals surface area (Å²) in [4.78, 5) is 16.0.